The van der Waals surface area contributed by atoms with E-state index in [0.717, 1.165) is 38.5 Å². The summed E-state index contributed by atoms with van der Waals surface area (Å²) < 4.78 is 23.0. The SMILES string of the molecule is CCCCCCCC/C=C/CC/C=C/[C@@H](O)[C@H](COP(=O)([O-])OCC[N+](C)(C)C)NC(=O)CCCCCCCCCCCC. The number of carbonyl (C=O) groups is 1. The van der Waals surface area contributed by atoms with Gasteiger partial charge in [0.25, 0.3) is 7.82 Å². The molecule has 0 saturated heterocycles. The number of rotatable bonds is 31. The van der Waals surface area contributed by atoms with E-state index < -0.39 is 26.6 Å². The topological polar surface area (TPSA) is 108 Å². The van der Waals surface area contributed by atoms with Gasteiger partial charge in [0.15, 0.2) is 0 Å². The van der Waals surface area contributed by atoms with Crippen molar-refractivity contribution in [3.63, 3.8) is 0 Å². The number of likely N-dealkylation sites (N-methyl/N-ethyl adjacent to an activating group) is 1. The summed E-state index contributed by atoms with van der Waals surface area (Å²) in [6.07, 6.45) is 29.4. The van der Waals surface area contributed by atoms with Crippen molar-refractivity contribution < 1.29 is 32.9 Å². The van der Waals surface area contributed by atoms with Crippen molar-refractivity contribution in [3.8, 4) is 0 Å². The Morgan fingerprint density at radius 2 is 1.27 bits per heavy atom. The standard InChI is InChI=1S/C35H69N2O6P/c1-6-8-10-12-14-16-18-19-20-22-24-26-28-34(38)33(32-43-44(40,41)42-31-30-37(3,4)5)36-35(39)29-27-25-23-21-17-15-13-11-9-7-2/h19-20,26,28,33-34,38H,6-18,21-25,27,29-32H2,1-5H3,(H-,36,39,40,41)/b20-19+,28-26+/t33-,34+/m0/s1. The van der Waals surface area contributed by atoms with Gasteiger partial charge >= 0.3 is 0 Å². The lowest BCUT2D eigenvalue weighted by atomic mass is 10.1. The lowest BCUT2D eigenvalue weighted by Crippen LogP contribution is -2.45. The maximum atomic E-state index is 12.7. The number of quaternary nitrogens is 1. The van der Waals surface area contributed by atoms with Crippen molar-refractivity contribution in [2.24, 2.45) is 0 Å². The first kappa shape index (κ1) is 43.0. The molecule has 1 unspecified atom stereocenters. The van der Waals surface area contributed by atoms with Gasteiger partial charge in [0, 0.05) is 6.42 Å². The highest BCUT2D eigenvalue weighted by molar-refractivity contribution is 7.45. The minimum absolute atomic E-state index is 0.00508. The number of aliphatic hydroxyl groups is 1. The normalized spacial score (nSPS) is 15.2. The molecule has 0 heterocycles. The average Bonchev–Trinajstić information content (AvgIpc) is 2.95. The van der Waals surface area contributed by atoms with Gasteiger partial charge in [-0.1, -0.05) is 128 Å². The highest BCUT2D eigenvalue weighted by atomic mass is 31.2. The van der Waals surface area contributed by atoms with Crippen LogP contribution in [0.1, 0.15) is 142 Å². The van der Waals surface area contributed by atoms with E-state index in [-0.39, 0.29) is 12.5 Å². The summed E-state index contributed by atoms with van der Waals surface area (Å²) in [5, 5.41) is 13.6. The number of hydrogen-bond acceptors (Lipinski definition) is 6. The van der Waals surface area contributed by atoms with Crippen molar-refractivity contribution in [2.45, 2.75) is 154 Å². The lowest BCUT2D eigenvalue weighted by Gasteiger charge is -2.29. The molecule has 0 aromatic rings. The van der Waals surface area contributed by atoms with Crippen LogP contribution in [-0.4, -0.2) is 68.5 Å². The molecule has 0 spiro atoms. The van der Waals surface area contributed by atoms with E-state index in [0.29, 0.717) is 17.4 Å². The number of amides is 1. The van der Waals surface area contributed by atoms with Crippen molar-refractivity contribution in [2.75, 3.05) is 40.9 Å². The summed E-state index contributed by atoms with van der Waals surface area (Å²) in [5.74, 6) is -0.213. The third-order valence-corrected chi connectivity index (χ3v) is 8.63. The van der Waals surface area contributed by atoms with Crippen molar-refractivity contribution >= 4 is 13.7 Å². The zero-order valence-corrected chi connectivity index (χ0v) is 30.0. The molecular formula is C35H69N2O6P. The molecule has 44 heavy (non-hydrogen) atoms. The van der Waals surface area contributed by atoms with Gasteiger partial charge in [-0.15, -0.1) is 0 Å². The number of nitrogens with zero attached hydrogens (tertiary/aromatic N) is 1. The van der Waals surface area contributed by atoms with Gasteiger partial charge in [-0.3, -0.25) is 9.36 Å². The summed E-state index contributed by atoms with van der Waals surface area (Å²) in [7, 11) is 1.24. The maximum absolute atomic E-state index is 12.7. The number of phosphoric ester groups is 1. The molecule has 3 atom stereocenters. The smallest absolute Gasteiger partial charge is 0.268 e. The van der Waals surface area contributed by atoms with Crippen LogP contribution in [0.25, 0.3) is 0 Å². The molecule has 0 aromatic carbocycles. The first-order valence-corrected chi connectivity index (χ1v) is 19.2. The highest BCUT2D eigenvalue weighted by Gasteiger charge is 2.23. The summed E-state index contributed by atoms with van der Waals surface area (Å²) in [6, 6.07) is -0.894. The minimum atomic E-state index is -4.58. The first-order chi connectivity index (χ1) is 21.0. The van der Waals surface area contributed by atoms with E-state index in [2.05, 4.69) is 31.3 Å². The van der Waals surface area contributed by atoms with E-state index in [1.54, 1.807) is 6.08 Å². The average molecular weight is 645 g/mol. The summed E-state index contributed by atoms with van der Waals surface area (Å²) in [4.78, 5) is 25.0. The quantitative estimate of drug-likeness (QED) is 0.0343. The molecular weight excluding hydrogens is 575 g/mol. The van der Waals surface area contributed by atoms with Gasteiger partial charge in [-0.2, -0.15) is 0 Å². The van der Waals surface area contributed by atoms with Crippen LogP contribution >= 0.6 is 7.82 Å². The zero-order chi connectivity index (χ0) is 32.9. The van der Waals surface area contributed by atoms with Gasteiger partial charge in [0.05, 0.1) is 39.9 Å². The van der Waals surface area contributed by atoms with Gasteiger partial charge in [-0.05, 0) is 32.1 Å². The Morgan fingerprint density at radius 3 is 1.84 bits per heavy atom. The maximum Gasteiger partial charge on any atom is 0.268 e. The van der Waals surface area contributed by atoms with Crippen LogP contribution in [0.15, 0.2) is 24.3 Å². The minimum Gasteiger partial charge on any atom is -0.756 e. The third kappa shape index (κ3) is 29.7. The first-order valence-electron chi connectivity index (χ1n) is 17.7. The van der Waals surface area contributed by atoms with Crippen LogP contribution in [0, 0.1) is 0 Å². The van der Waals surface area contributed by atoms with Crippen molar-refractivity contribution in [1.82, 2.24) is 5.32 Å². The molecule has 1 amide bonds. The molecule has 0 rings (SSSR count). The molecule has 0 aliphatic carbocycles. The van der Waals surface area contributed by atoms with Crippen LogP contribution in [0.3, 0.4) is 0 Å². The molecule has 2 N–H and O–H groups in total. The van der Waals surface area contributed by atoms with Crippen LogP contribution in [-0.2, 0) is 18.4 Å². The molecule has 9 heteroatoms. The Morgan fingerprint density at radius 1 is 0.773 bits per heavy atom. The number of unbranched alkanes of at least 4 members (excludes halogenated alkanes) is 16. The predicted octanol–water partition coefficient (Wildman–Crippen LogP) is 7.99. The molecule has 8 nitrogen and oxygen atoms in total. The molecule has 0 fully saturated rings. The van der Waals surface area contributed by atoms with Crippen LogP contribution in [0.5, 0.6) is 0 Å². The molecule has 0 bridgehead atoms. The number of aliphatic hydroxyl groups excluding tert-OH is 1. The molecule has 0 aliphatic rings. The Bertz CT molecular complexity index is 784. The largest absolute Gasteiger partial charge is 0.756 e. The molecule has 0 radical (unpaired) electrons. The summed E-state index contributed by atoms with van der Waals surface area (Å²) >= 11 is 0. The Hall–Kier alpha value is -1.02. The predicted molar refractivity (Wildman–Crippen MR) is 182 cm³/mol. The molecule has 0 aliphatic heterocycles. The fourth-order valence-electron chi connectivity index (χ4n) is 4.75. The zero-order valence-electron chi connectivity index (χ0n) is 29.1. The van der Waals surface area contributed by atoms with Crippen LogP contribution in [0.2, 0.25) is 0 Å². The number of phosphoric acid groups is 1. The highest BCUT2D eigenvalue weighted by Crippen LogP contribution is 2.38. The number of allylic oxidation sites excluding steroid dienone is 3. The fourth-order valence-corrected chi connectivity index (χ4v) is 5.48. The Balaban J connectivity index is 4.66. The second-order valence-corrected chi connectivity index (χ2v) is 14.6. The second kappa shape index (κ2) is 28.2. The van der Waals surface area contributed by atoms with Crippen molar-refractivity contribution in [3.05, 3.63) is 24.3 Å². The second-order valence-electron chi connectivity index (χ2n) is 13.2. The molecule has 0 aromatic heterocycles. The van der Waals surface area contributed by atoms with Crippen LogP contribution < -0.4 is 10.2 Å². The summed E-state index contributed by atoms with van der Waals surface area (Å²) in [6.45, 7) is 4.56. The van der Waals surface area contributed by atoms with Crippen LogP contribution in [0.4, 0.5) is 0 Å². The molecule has 0 saturated carbocycles. The van der Waals surface area contributed by atoms with Crippen molar-refractivity contribution in [1.29, 1.82) is 0 Å². The lowest BCUT2D eigenvalue weighted by molar-refractivity contribution is -0.870. The molecule has 260 valence electrons. The van der Waals surface area contributed by atoms with E-state index in [1.165, 1.54) is 83.5 Å². The Labute approximate surface area is 271 Å². The third-order valence-electron chi connectivity index (χ3n) is 7.66. The van der Waals surface area contributed by atoms with Gasteiger partial charge in [0.2, 0.25) is 5.91 Å². The van der Waals surface area contributed by atoms with Gasteiger partial charge in [-0.25, -0.2) is 0 Å². The Kier molecular flexibility index (Phi) is 27.6. The van der Waals surface area contributed by atoms with E-state index >= 15 is 0 Å². The summed E-state index contributed by atoms with van der Waals surface area (Å²) in [5.41, 5.74) is 0. The van der Waals surface area contributed by atoms with Gasteiger partial charge in [0.1, 0.15) is 13.2 Å². The van der Waals surface area contributed by atoms with E-state index in [4.69, 9.17) is 9.05 Å². The van der Waals surface area contributed by atoms with E-state index in [1.807, 2.05) is 27.2 Å². The fraction of sp³-hybridized carbons (Fsp3) is 0.857. The number of hydrogen-bond donors (Lipinski definition) is 2. The monoisotopic (exact) mass is 644 g/mol. The number of carbonyl (C=O) groups excluding carboxylic acids is 1. The number of nitrogens with one attached hydrogen (secondary N) is 1. The van der Waals surface area contributed by atoms with E-state index in [9.17, 15) is 19.4 Å². The van der Waals surface area contributed by atoms with Gasteiger partial charge < -0.3 is 28.8 Å².